The van der Waals surface area contributed by atoms with Gasteiger partial charge in [-0.25, -0.2) is 0 Å². The molecule has 0 aliphatic carbocycles. The maximum Gasteiger partial charge on any atom is 0.323 e. The summed E-state index contributed by atoms with van der Waals surface area (Å²) >= 11 is 0. The first-order valence-electron chi connectivity index (χ1n) is 7.20. The van der Waals surface area contributed by atoms with Crippen molar-refractivity contribution in [2.45, 2.75) is 39.5 Å². The predicted octanol–water partition coefficient (Wildman–Crippen LogP) is 1.73. The van der Waals surface area contributed by atoms with E-state index in [2.05, 4.69) is 5.32 Å². The maximum atomic E-state index is 12.0. The minimum Gasteiger partial charge on any atom is -0.497 e. The van der Waals surface area contributed by atoms with E-state index in [0.717, 1.165) is 11.3 Å². The first-order valence-corrected chi connectivity index (χ1v) is 7.20. The summed E-state index contributed by atoms with van der Waals surface area (Å²) in [5, 5.41) is 12.9. The van der Waals surface area contributed by atoms with Gasteiger partial charge in [-0.1, -0.05) is 19.1 Å². The van der Waals surface area contributed by atoms with Crippen molar-refractivity contribution < 1.29 is 19.4 Å². The van der Waals surface area contributed by atoms with Crippen LogP contribution < -0.4 is 10.1 Å². The largest absolute Gasteiger partial charge is 0.497 e. The number of carbonyl (C=O) groups is 1. The number of hydrogen-bond acceptors (Lipinski definition) is 5. The number of ether oxygens (including phenoxy) is 2. The van der Waals surface area contributed by atoms with Crippen LogP contribution >= 0.6 is 0 Å². The van der Waals surface area contributed by atoms with E-state index in [1.54, 1.807) is 21.0 Å². The van der Waals surface area contributed by atoms with E-state index >= 15 is 0 Å². The molecule has 118 valence electrons. The lowest BCUT2D eigenvalue weighted by molar-refractivity contribution is -0.148. The van der Waals surface area contributed by atoms with Crippen LogP contribution in [0.3, 0.4) is 0 Å². The van der Waals surface area contributed by atoms with E-state index in [9.17, 15) is 9.90 Å². The van der Waals surface area contributed by atoms with Gasteiger partial charge < -0.3 is 14.6 Å². The van der Waals surface area contributed by atoms with E-state index in [1.807, 2.05) is 31.2 Å². The molecule has 0 unspecified atom stereocenters. The van der Waals surface area contributed by atoms with Crippen LogP contribution in [-0.2, 0) is 16.1 Å². The fourth-order valence-corrected chi connectivity index (χ4v) is 1.97. The van der Waals surface area contributed by atoms with Crippen molar-refractivity contribution in [1.82, 2.24) is 5.32 Å². The van der Waals surface area contributed by atoms with E-state index in [1.165, 1.54) is 0 Å². The van der Waals surface area contributed by atoms with Crippen LogP contribution in [0.4, 0.5) is 0 Å². The first-order chi connectivity index (χ1) is 9.99. The number of benzene rings is 1. The summed E-state index contributed by atoms with van der Waals surface area (Å²) in [4.78, 5) is 12.0. The van der Waals surface area contributed by atoms with E-state index in [0.29, 0.717) is 13.2 Å². The molecule has 0 heterocycles. The standard InChI is InChI=1S/C16H25NO4/c1-5-21-16(19)15(11(2)12(3)18)17-10-13-6-8-14(20-4)9-7-13/h6-9,11-12,15,17-18H,5,10H2,1-4H3/t11-,12-,15-/m0/s1. The topological polar surface area (TPSA) is 67.8 Å². The lowest BCUT2D eigenvalue weighted by Gasteiger charge is -2.25. The van der Waals surface area contributed by atoms with Crippen molar-refractivity contribution in [2.24, 2.45) is 5.92 Å². The summed E-state index contributed by atoms with van der Waals surface area (Å²) in [7, 11) is 1.62. The Balaban J connectivity index is 2.69. The van der Waals surface area contributed by atoms with Crippen LogP contribution in [0, 0.1) is 5.92 Å². The molecule has 3 atom stereocenters. The van der Waals surface area contributed by atoms with Gasteiger partial charge in [0.25, 0.3) is 0 Å². The molecule has 5 nitrogen and oxygen atoms in total. The summed E-state index contributed by atoms with van der Waals surface area (Å²) in [5.41, 5.74) is 1.03. The Kier molecular flexibility index (Phi) is 7.19. The number of rotatable bonds is 8. The van der Waals surface area contributed by atoms with Gasteiger partial charge in [0.2, 0.25) is 0 Å². The molecule has 0 saturated heterocycles. The van der Waals surface area contributed by atoms with Gasteiger partial charge in [0.15, 0.2) is 0 Å². The Bertz CT molecular complexity index is 430. The number of aliphatic hydroxyl groups excluding tert-OH is 1. The lowest BCUT2D eigenvalue weighted by Crippen LogP contribution is -2.46. The molecule has 1 rings (SSSR count). The summed E-state index contributed by atoms with van der Waals surface area (Å²) in [6.45, 7) is 6.11. The SMILES string of the molecule is CCOC(=O)[C@@H](NCc1ccc(OC)cc1)[C@@H](C)[C@H](C)O. The maximum absolute atomic E-state index is 12.0. The van der Waals surface area contributed by atoms with E-state index < -0.39 is 12.1 Å². The zero-order valence-corrected chi connectivity index (χ0v) is 13.1. The van der Waals surface area contributed by atoms with Gasteiger partial charge in [0.1, 0.15) is 11.8 Å². The molecule has 0 aromatic heterocycles. The second-order valence-corrected chi connectivity index (χ2v) is 5.06. The summed E-state index contributed by atoms with van der Waals surface area (Å²) in [6.07, 6.45) is -0.595. The van der Waals surface area contributed by atoms with Crippen LogP contribution in [0.1, 0.15) is 26.3 Å². The van der Waals surface area contributed by atoms with Crippen molar-refractivity contribution in [3.8, 4) is 5.75 Å². The third-order valence-electron chi connectivity index (χ3n) is 3.51. The average molecular weight is 295 g/mol. The molecule has 0 spiro atoms. The number of methoxy groups -OCH3 is 1. The molecule has 0 amide bonds. The van der Waals surface area contributed by atoms with Crippen LogP contribution in [0.2, 0.25) is 0 Å². The molecule has 0 aliphatic heterocycles. The molecule has 1 aromatic rings. The van der Waals surface area contributed by atoms with Gasteiger partial charge >= 0.3 is 5.97 Å². The molecular weight excluding hydrogens is 270 g/mol. The van der Waals surface area contributed by atoms with Gasteiger partial charge in [0.05, 0.1) is 19.8 Å². The van der Waals surface area contributed by atoms with Crippen LogP contribution in [0.5, 0.6) is 5.75 Å². The van der Waals surface area contributed by atoms with E-state index in [-0.39, 0.29) is 11.9 Å². The molecule has 0 aliphatic rings. The van der Waals surface area contributed by atoms with Crippen molar-refractivity contribution in [2.75, 3.05) is 13.7 Å². The Hall–Kier alpha value is -1.59. The Morgan fingerprint density at radius 1 is 1.29 bits per heavy atom. The summed E-state index contributed by atoms with van der Waals surface area (Å²) in [6, 6.07) is 7.07. The molecule has 0 fully saturated rings. The number of carbonyl (C=O) groups excluding carboxylic acids is 1. The Morgan fingerprint density at radius 3 is 2.38 bits per heavy atom. The molecule has 0 radical (unpaired) electrons. The predicted molar refractivity (Wildman–Crippen MR) is 81.1 cm³/mol. The number of esters is 1. The second-order valence-electron chi connectivity index (χ2n) is 5.06. The van der Waals surface area contributed by atoms with Gasteiger partial charge in [0, 0.05) is 12.5 Å². The lowest BCUT2D eigenvalue weighted by atomic mass is 9.96. The monoisotopic (exact) mass is 295 g/mol. The fraction of sp³-hybridized carbons (Fsp3) is 0.562. The van der Waals surface area contributed by atoms with Crippen LogP contribution in [-0.4, -0.2) is 36.9 Å². The minimum absolute atomic E-state index is 0.234. The van der Waals surface area contributed by atoms with Gasteiger partial charge in [-0.15, -0.1) is 0 Å². The van der Waals surface area contributed by atoms with Gasteiger partial charge in [-0.05, 0) is 31.5 Å². The fourth-order valence-electron chi connectivity index (χ4n) is 1.97. The highest BCUT2D eigenvalue weighted by Gasteiger charge is 2.28. The highest BCUT2D eigenvalue weighted by molar-refractivity contribution is 5.76. The summed E-state index contributed by atoms with van der Waals surface area (Å²) < 4.78 is 10.2. The first kappa shape index (κ1) is 17.5. The van der Waals surface area contributed by atoms with Crippen LogP contribution in [0.15, 0.2) is 24.3 Å². The third kappa shape index (κ3) is 5.36. The quantitative estimate of drug-likeness (QED) is 0.715. The third-order valence-corrected chi connectivity index (χ3v) is 3.51. The van der Waals surface area contributed by atoms with Crippen LogP contribution in [0.25, 0.3) is 0 Å². The highest BCUT2D eigenvalue weighted by Crippen LogP contribution is 2.14. The van der Waals surface area contributed by atoms with Gasteiger partial charge in [-0.3, -0.25) is 10.1 Å². The van der Waals surface area contributed by atoms with Crippen molar-refractivity contribution >= 4 is 5.97 Å². The molecule has 2 N–H and O–H groups in total. The number of hydrogen-bond donors (Lipinski definition) is 2. The second kappa shape index (κ2) is 8.64. The van der Waals surface area contributed by atoms with Crippen molar-refractivity contribution in [3.63, 3.8) is 0 Å². The average Bonchev–Trinajstić information content (AvgIpc) is 2.48. The Labute approximate surface area is 126 Å². The minimum atomic E-state index is -0.595. The summed E-state index contributed by atoms with van der Waals surface area (Å²) in [5.74, 6) is 0.222. The Morgan fingerprint density at radius 2 is 1.90 bits per heavy atom. The molecule has 0 bridgehead atoms. The van der Waals surface area contributed by atoms with Gasteiger partial charge in [-0.2, -0.15) is 0 Å². The molecule has 0 saturated carbocycles. The molecule has 5 heteroatoms. The highest BCUT2D eigenvalue weighted by atomic mass is 16.5. The zero-order valence-electron chi connectivity index (χ0n) is 13.1. The zero-order chi connectivity index (χ0) is 15.8. The van der Waals surface area contributed by atoms with Crippen molar-refractivity contribution in [1.29, 1.82) is 0 Å². The van der Waals surface area contributed by atoms with E-state index in [4.69, 9.17) is 9.47 Å². The normalized spacial score (nSPS) is 15.1. The number of nitrogens with one attached hydrogen (secondary N) is 1. The molecule has 21 heavy (non-hydrogen) atoms. The smallest absolute Gasteiger partial charge is 0.323 e. The molecular formula is C16H25NO4. The number of aliphatic hydroxyl groups is 1. The molecule has 1 aromatic carbocycles. The van der Waals surface area contributed by atoms with Crippen molar-refractivity contribution in [3.05, 3.63) is 29.8 Å².